The topological polar surface area (TPSA) is 42.4 Å². The van der Waals surface area contributed by atoms with Gasteiger partial charge in [-0.25, -0.2) is 4.98 Å². The molecule has 3 rings (SSSR count). The van der Waals surface area contributed by atoms with Gasteiger partial charge in [0.1, 0.15) is 11.4 Å². The monoisotopic (exact) mass is 265 g/mol. The minimum Gasteiger partial charge on any atom is -0.505 e. The van der Waals surface area contributed by atoms with Crippen LogP contribution in [0.3, 0.4) is 0 Å². The van der Waals surface area contributed by atoms with E-state index in [1.165, 1.54) is 0 Å². The van der Waals surface area contributed by atoms with E-state index in [1.807, 2.05) is 55.5 Å². The van der Waals surface area contributed by atoms with Crippen molar-refractivity contribution in [3.63, 3.8) is 0 Å². The Morgan fingerprint density at radius 2 is 1.75 bits per heavy atom. The van der Waals surface area contributed by atoms with Crippen molar-refractivity contribution in [2.24, 2.45) is 0 Å². The van der Waals surface area contributed by atoms with Gasteiger partial charge in [-0.15, -0.1) is 0 Å². The highest BCUT2D eigenvalue weighted by Crippen LogP contribution is 2.40. The van der Waals surface area contributed by atoms with E-state index < -0.39 is 0 Å². The van der Waals surface area contributed by atoms with Crippen molar-refractivity contribution in [3.8, 4) is 22.8 Å². The fourth-order valence-electron chi connectivity index (χ4n) is 2.44. The highest BCUT2D eigenvalue weighted by molar-refractivity contribution is 5.98. The van der Waals surface area contributed by atoms with Crippen LogP contribution in [0.15, 0.2) is 48.5 Å². The van der Waals surface area contributed by atoms with E-state index >= 15 is 0 Å². The fourth-order valence-corrected chi connectivity index (χ4v) is 2.44. The number of nitrogens with zero attached hydrogens (tertiary/aromatic N) is 1. The summed E-state index contributed by atoms with van der Waals surface area (Å²) in [4.78, 5) is 4.54. The highest BCUT2D eigenvalue weighted by atomic mass is 16.5. The van der Waals surface area contributed by atoms with Crippen LogP contribution in [0.1, 0.15) is 5.69 Å². The number of aromatic nitrogens is 1. The molecule has 0 saturated heterocycles. The summed E-state index contributed by atoms with van der Waals surface area (Å²) in [6.07, 6.45) is 0. The minimum absolute atomic E-state index is 0.161. The van der Waals surface area contributed by atoms with Crippen molar-refractivity contribution in [2.45, 2.75) is 6.92 Å². The van der Waals surface area contributed by atoms with Crippen LogP contribution in [-0.2, 0) is 0 Å². The van der Waals surface area contributed by atoms with E-state index in [2.05, 4.69) is 4.98 Å². The van der Waals surface area contributed by atoms with Gasteiger partial charge in [0.25, 0.3) is 0 Å². The Kier molecular flexibility index (Phi) is 3.03. The molecule has 100 valence electrons. The number of aromatic hydroxyl groups is 1. The molecule has 1 heterocycles. The molecule has 3 heteroatoms. The van der Waals surface area contributed by atoms with E-state index in [9.17, 15) is 5.11 Å². The predicted octanol–water partition coefficient (Wildman–Crippen LogP) is 3.92. The number of pyridine rings is 1. The molecule has 0 bridgehead atoms. The number of fused-ring (bicyclic) bond motifs is 1. The van der Waals surface area contributed by atoms with Crippen LogP contribution in [0.4, 0.5) is 0 Å². The molecule has 0 amide bonds. The first kappa shape index (κ1) is 12.5. The number of aryl methyl sites for hydroxylation is 1. The largest absolute Gasteiger partial charge is 0.505 e. The summed E-state index contributed by atoms with van der Waals surface area (Å²) in [6, 6.07) is 15.3. The Labute approximate surface area is 117 Å². The third-order valence-electron chi connectivity index (χ3n) is 3.42. The molecule has 0 aliphatic carbocycles. The average Bonchev–Trinajstić information content (AvgIpc) is 2.51. The Bertz CT molecular complexity index is 767. The maximum atomic E-state index is 10.6. The first-order valence-corrected chi connectivity index (χ1v) is 6.44. The van der Waals surface area contributed by atoms with Crippen LogP contribution >= 0.6 is 0 Å². The molecule has 3 aromatic rings. The Morgan fingerprint density at radius 1 is 1.00 bits per heavy atom. The van der Waals surface area contributed by atoms with Crippen molar-refractivity contribution in [1.29, 1.82) is 0 Å². The smallest absolute Gasteiger partial charge is 0.153 e. The van der Waals surface area contributed by atoms with Crippen LogP contribution in [-0.4, -0.2) is 17.2 Å². The second-order valence-electron chi connectivity index (χ2n) is 4.64. The van der Waals surface area contributed by atoms with Gasteiger partial charge in [0, 0.05) is 16.6 Å². The molecule has 20 heavy (non-hydrogen) atoms. The van der Waals surface area contributed by atoms with Crippen molar-refractivity contribution >= 4 is 10.8 Å². The highest BCUT2D eigenvalue weighted by Gasteiger charge is 2.15. The third kappa shape index (κ3) is 1.88. The molecule has 0 aliphatic heterocycles. The summed E-state index contributed by atoms with van der Waals surface area (Å²) >= 11 is 0. The molecule has 0 atom stereocenters. The molecule has 0 unspecified atom stereocenters. The molecule has 0 spiro atoms. The summed E-state index contributed by atoms with van der Waals surface area (Å²) in [7, 11) is 1.60. The maximum Gasteiger partial charge on any atom is 0.153 e. The number of hydrogen-bond donors (Lipinski definition) is 1. The van der Waals surface area contributed by atoms with Crippen molar-refractivity contribution < 1.29 is 9.84 Å². The Hall–Kier alpha value is -2.55. The van der Waals surface area contributed by atoms with Gasteiger partial charge in [-0.1, -0.05) is 42.5 Å². The van der Waals surface area contributed by atoms with Crippen LogP contribution in [0.2, 0.25) is 0 Å². The van der Waals surface area contributed by atoms with E-state index in [0.717, 1.165) is 16.6 Å². The zero-order chi connectivity index (χ0) is 14.1. The summed E-state index contributed by atoms with van der Waals surface area (Å²) < 4.78 is 5.37. The van der Waals surface area contributed by atoms with Crippen LogP contribution in [0, 0.1) is 6.92 Å². The average molecular weight is 265 g/mol. The van der Waals surface area contributed by atoms with Gasteiger partial charge in [0.2, 0.25) is 0 Å². The molecule has 1 aromatic heterocycles. The molecular formula is C17H15NO2. The number of hydrogen-bond acceptors (Lipinski definition) is 3. The molecule has 0 saturated carbocycles. The summed E-state index contributed by atoms with van der Waals surface area (Å²) in [5, 5.41) is 12.2. The normalized spacial score (nSPS) is 10.7. The Morgan fingerprint density at radius 3 is 2.45 bits per heavy atom. The molecule has 1 N–H and O–H groups in total. The van der Waals surface area contributed by atoms with Gasteiger partial charge in [-0.05, 0) is 13.0 Å². The summed E-state index contributed by atoms with van der Waals surface area (Å²) in [5.74, 6) is 0.817. The SMILES string of the molecule is COc1cccc2c(C)nc(-c3ccccc3)c(O)c12. The zero-order valence-corrected chi connectivity index (χ0v) is 11.4. The van der Waals surface area contributed by atoms with E-state index in [4.69, 9.17) is 4.74 Å². The molecule has 3 nitrogen and oxygen atoms in total. The lowest BCUT2D eigenvalue weighted by molar-refractivity contribution is 0.416. The van der Waals surface area contributed by atoms with Crippen molar-refractivity contribution in [3.05, 3.63) is 54.2 Å². The first-order chi connectivity index (χ1) is 9.72. The van der Waals surface area contributed by atoms with Gasteiger partial charge in [0.15, 0.2) is 5.75 Å². The van der Waals surface area contributed by atoms with E-state index in [-0.39, 0.29) is 5.75 Å². The maximum absolute atomic E-state index is 10.6. The predicted molar refractivity (Wildman–Crippen MR) is 80.1 cm³/mol. The fraction of sp³-hybridized carbons (Fsp3) is 0.118. The van der Waals surface area contributed by atoms with E-state index in [1.54, 1.807) is 7.11 Å². The first-order valence-electron chi connectivity index (χ1n) is 6.44. The molecule has 2 aromatic carbocycles. The lowest BCUT2D eigenvalue weighted by Crippen LogP contribution is -1.93. The third-order valence-corrected chi connectivity index (χ3v) is 3.42. The number of benzene rings is 2. The van der Waals surface area contributed by atoms with Gasteiger partial charge < -0.3 is 9.84 Å². The molecule has 0 radical (unpaired) electrons. The summed E-state index contributed by atoms with van der Waals surface area (Å²) in [5.41, 5.74) is 2.34. The second kappa shape index (κ2) is 4.85. The van der Waals surface area contributed by atoms with Gasteiger partial charge in [-0.3, -0.25) is 0 Å². The summed E-state index contributed by atoms with van der Waals surface area (Å²) in [6.45, 7) is 1.94. The quantitative estimate of drug-likeness (QED) is 0.763. The van der Waals surface area contributed by atoms with Crippen LogP contribution in [0.5, 0.6) is 11.5 Å². The second-order valence-corrected chi connectivity index (χ2v) is 4.64. The van der Waals surface area contributed by atoms with Crippen LogP contribution in [0.25, 0.3) is 22.0 Å². The lowest BCUT2D eigenvalue weighted by Gasteiger charge is -2.12. The lowest BCUT2D eigenvalue weighted by atomic mass is 10.0. The zero-order valence-electron chi connectivity index (χ0n) is 11.4. The Balaban J connectivity index is 2.39. The van der Waals surface area contributed by atoms with Crippen molar-refractivity contribution in [1.82, 2.24) is 4.98 Å². The number of methoxy groups -OCH3 is 1. The van der Waals surface area contributed by atoms with Gasteiger partial charge >= 0.3 is 0 Å². The van der Waals surface area contributed by atoms with Crippen molar-refractivity contribution in [2.75, 3.05) is 7.11 Å². The molecular weight excluding hydrogens is 250 g/mol. The van der Waals surface area contributed by atoms with E-state index in [0.29, 0.717) is 16.8 Å². The molecule has 0 fully saturated rings. The number of rotatable bonds is 2. The minimum atomic E-state index is 0.161. The standard InChI is InChI=1S/C17H15NO2/c1-11-13-9-6-10-14(20-2)15(13)17(19)16(18-11)12-7-4-3-5-8-12/h3-10,19H,1-2H3. The van der Waals surface area contributed by atoms with Gasteiger partial charge in [0.05, 0.1) is 12.5 Å². The van der Waals surface area contributed by atoms with Crippen LogP contribution < -0.4 is 4.74 Å². The van der Waals surface area contributed by atoms with Gasteiger partial charge in [-0.2, -0.15) is 0 Å². The number of ether oxygens (including phenoxy) is 1. The molecule has 0 aliphatic rings.